The summed E-state index contributed by atoms with van der Waals surface area (Å²) in [5.41, 5.74) is 4.98. The molecule has 1 N–H and O–H groups in total. The van der Waals surface area contributed by atoms with E-state index in [2.05, 4.69) is 12.2 Å². The van der Waals surface area contributed by atoms with Gasteiger partial charge in [-0.05, 0) is 24.6 Å². The maximum absolute atomic E-state index is 13.5. The molecule has 1 aliphatic rings. The number of ketones is 2. The van der Waals surface area contributed by atoms with Gasteiger partial charge in [-0.3, -0.25) is 9.59 Å². The van der Waals surface area contributed by atoms with E-state index >= 15 is 0 Å². The molecule has 1 aliphatic carbocycles. The van der Waals surface area contributed by atoms with Gasteiger partial charge in [0, 0.05) is 39.9 Å². The molecule has 0 spiro atoms. The summed E-state index contributed by atoms with van der Waals surface area (Å²) in [6, 6.07) is 22.6. The average Bonchev–Trinajstić information content (AvgIpc) is 2.82. The maximum atomic E-state index is 13.5. The minimum Gasteiger partial charge on any atom is -0.384 e. The first-order valence-corrected chi connectivity index (χ1v) is 10.6. The van der Waals surface area contributed by atoms with E-state index in [-0.39, 0.29) is 11.6 Å². The second kappa shape index (κ2) is 7.80. The van der Waals surface area contributed by atoms with Gasteiger partial charge in [0.15, 0.2) is 11.6 Å². The third-order valence-electron chi connectivity index (χ3n) is 5.78. The number of unbranched alkanes of at least 4 members (excludes halogenated alkanes) is 1. The molecular weight excluding hydrogens is 384 g/mol. The summed E-state index contributed by atoms with van der Waals surface area (Å²) < 4.78 is 0. The van der Waals surface area contributed by atoms with Crippen LogP contribution >= 0.6 is 0 Å². The largest absolute Gasteiger partial charge is 0.384 e. The highest BCUT2D eigenvalue weighted by atomic mass is 16.1. The predicted molar refractivity (Wildman–Crippen MR) is 124 cm³/mol. The van der Waals surface area contributed by atoms with Crippen LogP contribution in [-0.2, 0) is 0 Å². The average molecular weight is 406 g/mol. The van der Waals surface area contributed by atoms with Crippen LogP contribution in [0.4, 0.5) is 5.69 Å². The first-order chi connectivity index (χ1) is 15.2. The lowest BCUT2D eigenvalue weighted by Crippen LogP contribution is -2.21. The number of benzene rings is 3. The van der Waals surface area contributed by atoms with Gasteiger partial charge in [0.1, 0.15) is 0 Å². The van der Waals surface area contributed by atoms with E-state index in [0.29, 0.717) is 27.8 Å². The summed E-state index contributed by atoms with van der Waals surface area (Å²) in [6.07, 6.45) is 2.13. The summed E-state index contributed by atoms with van der Waals surface area (Å²) in [5.74, 6) is -0.271. The normalized spacial score (nSPS) is 12.5. The fourth-order valence-corrected chi connectivity index (χ4v) is 4.17. The number of anilines is 1. The van der Waals surface area contributed by atoms with Crippen molar-refractivity contribution in [2.24, 2.45) is 0 Å². The van der Waals surface area contributed by atoms with Crippen LogP contribution in [0.2, 0.25) is 0 Å². The lowest BCUT2D eigenvalue weighted by Gasteiger charge is -2.20. The van der Waals surface area contributed by atoms with Gasteiger partial charge in [-0.2, -0.15) is 0 Å². The first-order valence-electron chi connectivity index (χ1n) is 10.6. The van der Waals surface area contributed by atoms with Crippen molar-refractivity contribution >= 4 is 28.2 Å². The van der Waals surface area contributed by atoms with Crippen LogP contribution in [-0.4, -0.2) is 23.1 Å². The van der Waals surface area contributed by atoms with Crippen LogP contribution in [0.15, 0.2) is 72.8 Å². The molecule has 0 radical (unpaired) electrons. The minimum atomic E-state index is -0.145. The molecule has 4 heteroatoms. The molecule has 0 saturated carbocycles. The van der Waals surface area contributed by atoms with E-state index < -0.39 is 0 Å². The minimum absolute atomic E-state index is 0.125. The van der Waals surface area contributed by atoms with Gasteiger partial charge in [-0.15, -0.1) is 0 Å². The molecule has 3 aromatic carbocycles. The molecule has 0 bridgehead atoms. The van der Waals surface area contributed by atoms with Gasteiger partial charge in [-0.1, -0.05) is 67.9 Å². The molecule has 4 nitrogen and oxygen atoms in total. The Hall–Kier alpha value is -3.79. The van der Waals surface area contributed by atoms with Crippen molar-refractivity contribution in [3.05, 3.63) is 95.1 Å². The molecular formula is C27H22N2O2. The van der Waals surface area contributed by atoms with E-state index in [9.17, 15) is 9.59 Å². The van der Waals surface area contributed by atoms with Crippen molar-refractivity contribution in [3.63, 3.8) is 0 Å². The molecule has 0 saturated heterocycles. The van der Waals surface area contributed by atoms with Crippen LogP contribution in [0, 0.1) is 0 Å². The van der Waals surface area contributed by atoms with Crippen molar-refractivity contribution < 1.29 is 9.59 Å². The number of hydrogen-bond donors (Lipinski definition) is 1. The maximum Gasteiger partial charge on any atom is 0.196 e. The Morgan fingerprint density at radius 3 is 2.26 bits per heavy atom. The Morgan fingerprint density at radius 1 is 0.806 bits per heavy atom. The molecule has 31 heavy (non-hydrogen) atoms. The van der Waals surface area contributed by atoms with E-state index in [1.165, 1.54) is 0 Å². The molecule has 4 aromatic rings. The Kier molecular flexibility index (Phi) is 4.83. The van der Waals surface area contributed by atoms with Crippen LogP contribution in [0.3, 0.4) is 0 Å². The van der Waals surface area contributed by atoms with Crippen LogP contribution in [0.1, 0.15) is 51.6 Å². The van der Waals surface area contributed by atoms with Crippen molar-refractivity contribution in [1.82, 2.24) is 4.98 Å². The lowest BCUT2D eigenvalue weighted by molar-refractivity contribution is 0.0980. The zero-order valence-electron chi connectivity index (χ0n) is 17.3. The molecule has 152 valence electrons. The van der Waals surface area contributed by atoms with Crippen molar-refractivity contribution in [3.8, 4) is 11.3 Å². The van der Waals surface area contributed by atoms with E-state index in [1.54, 1.807) is 30.3 Å². The molecule has 0 unspecified atom stereocenters. The zero-order valence-corrected chi connectivity index (χ0v) is 17.3. The lowest BCUT2D eigenvalue weighted by atomic mass is 9.82. The van der Waals surface area contributed by atoms with Gasteiger partial charge >= 0.3 is 0 Å². The quantitative estimate of drug-likeness (QED) is 0.370. The van der Waals surface area contributed by atoms with E-state index in [0.717, 1.165) is 41.7 Å². The molecule has 1 aromatic heterocycles. The highest BCUT2D eigenvalue weighted by molar-refractivity contribution is 6.32. The van der Waals surface area contributed by atoms with Crippen LogP contribution in [0.5, 0.6) is 0 Å². The summed E-state index contributed by atoms with van der Waals surface area (Å²) in [4.78, 5) is 31.5. The third-order valence-corrected chi connectivity index (χ3v) is 5.78. The van der Waals surface area contributed by atoms with Gasteiger partial charge in [-0.25, -0.2) is 4.98 Å². The first kappa shape index (κ1) is 19.2. The molecule has 1 heterocycles. The van der Waals surface area contributed by atoms with Gasteiger partial charge in [0.25, 0.3) is 0 Å². The van der Waals surface area contributed by atoms with Crippen LogP contribution < -0.4 is 5.32 Å². The number of fused-ring (bicyclic) bond motifs is 4. The molecule has 0 fully saturated rings. The summed E-state index contributed by atoms with van der Waals surface area (Å²) in [6.45, 7) is 2.98. The molecule has 5 rings (SSSR count). The van der Waals surface area contributed by atoms with Crippen molar-refractivity contribution in [1.29, 1.82) is 0 Å². The highest BCUT2D eigenvalue weighted by Gasteiger charge is 2.32. The SMILES string of the molecule is CCCCNc1cc(-c2ccccc2)nc2c3c(ccc12)C(=O)c1ccccc1C3=O. The van der Waals surface area contributed by atoms with Crippen LogP contribution in [0.25, 0.3) is 22.2 Å². The summed E-state index contributed by atoms with van der Waals surface area (Å²) >= 11 is 0. The number of nitrogens with one attached hydrogen (secondary N) is 1. The Labute approximate surface area is 181 Å². The number of nitrogens with zero attached hydrogens (tertiary/aromatic N) is 1. The number of aromatic nitrogens is 1. The smallest absolute Gasteiger partial charge is 0.196 e. The summed E-state index contributed by atoms with van der Waals surface area (Å²) in [7, 11) is 0. The number of carbonyl (C=O) groups excluding carboxylic acids is 2. The summed E-state index contributed by atoms with van der Waals surface area (Å²) in [5, 5.41) is 4.37. The fraction of sp³-hybridized carbons (Fsp3) is 0.148. The number of rotatable bonds is 5. The zero-order chi connectivity index (χ0) is 21.4. The Balaban J connectivity index is 1.78. The Bertz CT molecular complexity index is 1330. The number of carbonyl (C=O) groups is 2. The fourth-order valence-electron chi connectivity index (χ4n) is 4.17. The predicted octanol–water partition coefficient (Wildman–Crippen LogP) is 5.89. The second-order valence-electron chi connectivity index (χ2n) is 7.79. The second-order valence-corrected chi connectivity index (χ2v) is 7.79. The highest BCUT2D eigenvalue weighted by Crippen LogP contribution is 2.36. The molecule has 0 atom stereocenters. The van der Waals surface area contributed by atoms with Crippen molar-refractivity contribution in [2.45, 2.75) is 19.8 Å². The number of pyridine rings is 1. The third kappa shape index (κ3) is 3.21. The van der Waals surface area contributed by atoms with Gasteiger partial charge in [0.05, 0.1) is 16.8 Å². The van der Waals surface area contributed by atoms with E-state index in [4.69, 9.17) is 4.98 Å². The monoisotopic (exact) mass is 406 g/mol. The van der Waals surface area contributed by atoms with Crippen molar-refractivity contribution in [2.75, 3.05) is 11.9 Å². The van der Waals surface area contributed by atoms with Gasteiger partial charge in [0.2, 0.25) is 0 Å². The Morgan fingerprint density at radius 2 is 1.52 bits per heavy atom. The number of hydrogen-bond acceptors (Lipinski definition) is 4. The topological polar surface area (TPSA) is 59.1 Å². The van der Waals surface area contributed by atoms with Gasteiger partial charge < -0.3 is 5.32 Å². The van der Waals surface area contributed by atoms with E-state index in [1.807, 2.05) is 42.5 Å². The molecule has 0 aliphatic heterocycles. The molecule has 0 amide bonds. The standard InChI is InChI=1S/C27H22N2O2/c1-2-3-15-28-23-16-22(17-9-5-4-6-10-17)29-25-20(23)13-14-21-24(25)27(31)19-12-8-7-11-18(19)26(21)30/h4-14,16H,2-3,15H2,1H3,(H,28,29).